The van der Waals surface area contributed by atoms with Gasteiger partial charge in [-0.25, -0.2) is 0 Å². The van der Waals surface area contributed by atoms with Crippen LogP contribution in [0.5, 0.6) is 0 Å². The summed E-state index contributed by atoms with van der Waals surface area (Å²) >= 11 is 0. The molecule has 0 spiro atoms. The van der Waals surface area contributed by atoms with Gasteiger partial charge < -0.3 is 10.2 Å². The molecule has 3 unspecified atom stereocenters. The van der Waals surface area contributed by atoms with Crippen LogP contribution in [0.15, 0.2) is 11.6 Å². The van der Waals surface area contributed by atoms with E-state index in [4.69, 9.17) is 0 Å². The predicted octanol–water partition coefficient (Wildman–Crippen LogP) is 6.36. The Kier molecular flexibility index (Phi) is 6.26. The Morgan fingerprint density at radius 1 is 1.03 bits per heavy atom. The van der Waals surface area contributed by atoms with Crippen LogP contribution in [0.4, 0.5) is 0 Å². The molecule has 3 fully saturated rings. The van der Waals surface area contributed by atoms with Crippen molar-refractivity contribution >= 4 is 0 Å². The van der Waals surface area contributed by atoms with Gasteiger partial charge in [0.25, 0.3) is 0 Å². The average Bonchev–Trinajstić information content (AvgIpc) is 3.05. The molecule has 0 aliphatic heterocycles. The summed E-state index contributed by atoms with van der Waals surface area (Å²) in [4.78, 5) is 0. The molecule has 29 heavy (non-hydrogen) atoms. The van der Waals surface area contributed by atoms with E-state index in [9.17, 15) is 10.2 Å². The van der Waals surface area contributed by atoms with E-state index in [1.807, 2.05) is 0 Å². The van der Waals surface area contributed by atoms with Gasteiger partial charge in [0.1, 0.15) is 0 Å². The molecule has 4 aliphatic rings. The number of hydrogen-bond donors (Lipinski definition) is 2. The van der Waals surface area contributed by atoms with Gasteiger partial charge in [0, 0.05) is 6.61 Å². The third kappa shape index (κ3) is 3.75. The summed E-state index contributed by atoms with van der Waals surface area (Å²) < 4.78 is 0. The molecule has 0 heterocycles. The molecule has 3 saturated carbocycles. The quantitative estimate of drug-likeness (QED) is 0.507. The van der Waals surface area contributed by atoms with Gasteiger partial charge in [-0.3, -0.25) is 0 Å². The highest BCUT2D eigenvalue weighted by Gasteiger charge is 2.59. The van der Waals surface area contributed by atoms with E-state index in [-0.39, 0.29) is 6.10 Å². The first-order valence-corrected chi connectivity index (χ1v) is 12.8. The van der Waals surface area contributed by atoms with Gasteiger partial charge in [-0.15, -0.1) is 0 Å². The molecule has 166 valence electrons. The van der Waals surface area contributed by atoms with Crippen LogP contribution in [-0.2, 0) is 0 Å². The van der Waals surface area contributed by atoms with Gasteiger partial charge in [0.2, 0.25) is 0 Å². The lowest BCUT2D eigenvalue weighted by Gasteiger charge is -2.58. The fourth-order valence-electron chi connectivity index (χ4n) is 8.70. The third-order valence-corrected chi connectivity index (χ3v) is 10.5. The van der Waals surface area contributed by atoms with E-state index < -0.39 is 0 Å². The van der Waals surface area contributed by atoms with Crippen molar-refractivity contribution in [3.63, 3.8) is 0 Å². The van der Waals surface area contributed by atoms with E-state index in [0.29, 0.717) is 23.4 Å². The molecule has 2 N–H and O–H groups in total. The molecule has 0 amide bonds. The van der Waals surface area contributed by atoms with Gasteiger partial charge in [0.15, 0.2) is 0 Å². The Morgan fingerprint density at radius 2 is 1.83 bits per heavy atom. The van der Waals surface area contributed by atoms with E-state index in [0.717, 1.165) is 42.4 Å². The van der Waals surface area contributed by atoms with Crippen LogP contribution in [0.3, 0.4) is 0 Å². The smallest absolute Gasteiger partial charge is 0.0577 e. The Labute approximate surface area is 179 Å². The normalized spacial score (nSPS) is 46.3. The molecule has 9 atom stereocenters. The first-order chi connectivity index (χ1) is 13.8. The zero-order chi connectivity index (χ0) is 20.8. The first kappa shape index (κ1) is 21.9. The third-order valence-electron chi connectivity index (χ3n) is 10.5. The topological polar surface area (TPSA) is 40.5 Å². The van der Waals surface area contributed by atoms with Crippen molar-refractivity contribution in [2.75, 3.05) is 6.61 Å². The van der Waals surface area contributed by atoms with Gasteiger partial charge in [-0.2, -0.15) is 0 Å². The maximum Gasteiger partial charge on any atom is 0.0577 e. The molecule has 0 saturated heterocycles. The molecule has 0 radical (unpaired) electrons. The number of hydrogen-bond acceptors (Lipinski definition) is 2. The SMILES string of the molecule is C[C@@H](CO)CCC[C@@H](C)[C@H]1CCC2C3CC=C4C[C@@H](O)CC[C@]4(C)C3CC[C@@]21C. The van der Waals surface area contributed by atoms with Crippen molar-refractivity contribution < 1.29 is 10.2 Å². The molecule has 0 aromatic rings. The Bertz CT molecular complexity index is 612. The van der Waals surface area contributed by atoms with Crippen molar-refractivity contribution in [1.82, 2.24) is 0 Å². The molecule has 4 aliphatic carbocycles. The average molecular weight is 403 g/mol. The number of aliphatic hydroxyl groups excluding tert-OH is 2. The zero-order valence-corrected chi connectivity index (χ0v) is 19.5. The van der Waals surface area contributed by atoms with Crippen LogP contribution >= 0.6 is 0 Å². The minimum atomic E-state index is -0.0926. The second-order valence-corrected chi connectivity index (χ2v) is 12.1. The molecular weight excluding hydrogens is 356 g/mol. The van der Waals surface area contributed by atoms with Crippen molar-refractivity contribution in [2.45, 2.75) is 104 Å². The summed E-state index contributed by atoms with van der Waals surface area (Å²) in [5, 5.41) is 19.5. The van der Waals surface area contributed by atoms with Crippen LogP contribution in [0.2, 0.25) is 0 Å². The summed E-state index contributed by atoms with van der Waals surface area (Å²) in [6, 6.07) is 0. The Morgan fingerprint density at radius 3 is 2.59 bits per heavy atom. The first-order valence-electron chi connectivity index (χ1n) is 12.8. The number of rotatable bonds is 6. The van der Waals surface area contributed by atoms with E-state index in [1.54, 1.807) is 5.57 Å². The maximum atomic E-state index is 10.2. The van der Waals surface area contributed by atoms with Gasteiger partial charge in [0.05, 0.1) is 6.10 Å². The maximum absolute atomic E-state index is 10.2. The van der Waals surface area contributed by atoms with Gasteiger partial charge >= 0.3 is 0 Å². The van der Waals surface area contributed by atoms with Crippen LogP contribution < -0.4 is 0 Å². The van der Waals surface area contributed by atoms with Gasteiger partial charge in [-0.05, 0) is 104 Å². The molecule has 2 heteroatoms. The van der Waals surface area contributed by atoms with Gasteiger partial charge in [-0.1, -0.05) is 52.2 Å². The van der Waals surface area contributed by atoms with Crippen molar-refractivity contribution in [2.24, 2.45) is 46.3 Å². The lowest BCUT2D eigenvalue weighted by molar-refractivity contribution is -0.0573. The minimum Gasteiger partial charge on any atom is -0.396 e. The standard InChI is InChI=1S/C27H46O2/c1-18(17-28)6-5-7-19(2)23-10-11-24-22-9-8-20-16-21(29)12-14-26(20,3)25(22)13-15-27(23,24)4/h8,18-19,21-25,28-29H,5-7,9-17H2,1-4H3/t18-,19-,21+,22?,23-,24?,25?,26+,27-/m1/s1. The molecular formula is C27H46O2. The molecule has 0 aromatic carbocycles. The van der Waals surface area contributed by atoms with Crippen molar-refractivity contribution in [3.05, 3.63) is 11.6 Å². The summed E-state index contributed by atoms with van der Waals surface area (Å²) in [7, 11) is 0. The zero-order valence-electron chi connectivity index (χ0n) is 19.5. The highest BCUT2D eigenvalue weighted by atomic mass is 16.3. The fourth-order valence-corrected chi connectivity index (χ4v) is 8.70. The number of aliphatic hydroxyl groups is 2. The second-order valence-electron chi connectivity index (χ2n) is 12.1. The largest absolute Gasteiger partial charge is 0.396 e. The Balaban J connectivity index is 1.46. The summed E-state index contributed by atoms with van der Waals surface area (Å²) in [6.45, 7) is 10.2. The summed E-state index contributed by atoms with van der Waals surface area (Å²) in [5.74, 6) is 4.82. The van der Waals surface area contributed by atoms with E-state index in [2.05, 4.69) is 33.8 Å². The van der Waals surface area contributed by atoms with Crippen LogP contribution in [0.1, 0.15) is 98.3 Å². The molecule has 2 nitrogen and oxygen atoms in total. The van der Waals surface area contributed by atoms with Crippen molar-refractivity contribution in [3.8, 4) is 0 Å². The second kappa shape index (κ2) is 8.30. The Hall–Kier alpha value is -0.340. The predicted molar refractivity (Wildman–Crippen MR) is 120 cm³/mol. The van der Waals surface area contributed by atoms with E-state index >= 15 is 0 Å². The number of allylic oxidation sites excluding steroid dienone is 1. The molecule has 4 rings (SSSR count). The van der Waals surface area contributed by atoms with Crippen LogP contribution in [0.25, 0.3) is 0 Å². The van der Waals surface area contributed by atoms with E-state index in [1.165, 1.54) is 57.8 Å². The van der Waals surface area contributed by atoms with Crippen LogP contribution in [-0.4, -0.2) is 22.9 Å². The highest BCUT2D eigenvalue weighted by Crippen LogP contribution is 2.67. The number of fused-ring (bicyclic) bond motifs is 5. The lowest BCUT2D eigenvalue weighted by Crippen LogP contribution is -2.50. The summed E-state index contributed by atoms with van der Waals surface area (Å²) in [6.07, 6.45) is 16.4. The minimum absolute atomic E-state index is 0.0926. The molecule has 0 aromatic heterocycles. The monoisotopic (exact) mass is 402 g/mol. The van der Waals surface area contributed by atoms with Crippen molar-refractivity contribution in [1.29, 1.82) is 0 Å². The lowest BCUT2D eigenvalue weighted by atomic mass is 9.47. The molecule has 0 bridgehead atoms. The highest BCUT2D eigenvalue weighted by molar-refractivity contribution is 5.25. The van der Waals surface area contributed by atoms with Crippen LogP contribution in [0, 0.1) is 46.3 Å². The fraction of sp³-hybridized carbons (Fsp3) is 0.926. The summed E-state index contributed by atoms with van der Waals surface area (Å²) in [5.41, 5.74) is 2.51.